The maximum Gasteiger partial charge on any atom is 0.312 e. The first-order valence-electron chi connectivity index (χ1n) is 7.30. The van der Waals surface area contributed by atoms with Crippen LogP contribution in [-0.4, -0.2) is 12.0 Å². The topological polar surface area (TPSA) is 105 Å². The molecule has 6 nitrogen and oxygen atoms in total. The van der Waals surface area contributed by atoms with Crippen molar-refractivity contribution in [2.24, 2.45) is 5.73 Å². The first-order valence-corrected chi connectivity index (χ1v) is 8.11. The van der Waals surface area contributed by atoms with Gasteiger partial charge in [-0.15, -0.1) is 11.3 Å². The molecule has 2 atom stereocenters. The van der Waals surface area contributed by atoms with E-state index in [-0.39, 0.29) is 6.42 Å². The number of hydrogen-bond acceptors (Lipinski definition) is 5. The van der Waals surface area contributed by atoms with Crippen LogP contribution >= 0.6 is 11.3 Å². The summed E-state index contributed by atoms with van der Waals surface area (Å²) in [5.74, 6) is -0.461. The quantitative estimate of drug-likeness (QED) is 0.786. The van der Waals surface area contributed by atoms with Crippen LogP contribution in [0.2, 0.25) is 0 Å². The Morgan fingerprint density at radius 1 is 1.29 bits per heavy atom. The van der Waals surface area contributed by atoms with E-state index in [0.717, 1.165) is 10.4 Å². The number of rotatable bonds is 6. The van der Waals surface area contributed by atoms with Crippen molar-refractivity contribution < 1.29 is 14.3 Å². The van der Waals surface area contributed by atoms with Crippen LogP contribution < -0.4 is 11.1 Å². The molecular weight excluding hydrogens is 326 g/mol. The smallest absolute Gasteiger partial charge is 0.312 e. The number of ether oxygens (including phenoxy) is 1. The van der Waals surface area contributed by atoms with E-state index in [0.29, 0.717) is 4.88 Å². The first-order chi connectivity index (χ1) is 11.5. The summed E-state index contributed by atoms with van der Waals surface area (Å²) in [7, 11) is 0. The third-order valence-corrected chi connectivity index (χ3v) is 4.49. The molecule has 0 saturated carbocycles. The lowest BCUT2D eigenvalue weighted by molar-refractivity contribution is -0.149. The number of hydrogen-bond donors (Lipinski definition) is 2. The Morgan fingerprint density at radius 2 is 2.00 bits per heavy atom. The lowest BCUT2D eigenvalue weighted by Crippen LogP contribution is -2.34. The molecule has 2 aromatic rings. The van der Waals surface area contributed by atoms with Gasteiger partial charge in [0.2, 0.25) is 0 Å². The summed E-state index contributed by atoms with van der Waals surface area (Å²) in [6.45, 7) is 1.74. The van der Waals surface area contributed by atoms with Gasteiger partial charge in [-0.2, -0.15) is 5.26 Å². The fraction of sp³-hybridized carbons (Fsp3) is 0.235. The number of amides is 2. The average Bonchev–Trinajstić information content (AvgIpc) is 3.04. The highest BCUT2D eigenvalue weighted by atomic mass is 32.1. The number of thiophene rings is 1. The van der Waals surface area contributed by atoms with Crippen molar-refractivity contribution in [2.45, 2.75) is 25.5 Å². The Bertz CT molecular complexity index is 752. The van der Waals surface area contributed by atoms with Gasteiger partial charge in [0.1, 0.15) is 17.1 Å². The molecule has 0 spiro atoms. The second-order valence-corrected chi connectivity index (χ2v) is 6.24. The molecule has 2 unspecified atom stereocenters. The van der Waals surface area contributed by atoms with Crippen LogP contribution in [0, 0.1) is 11.3 Å². The van der Waals surface area contributed by atoms with Gasteiger partial charge in [0.05, 0.1) is 12.5 Å². The van der Waals surface area contributed by atoms with Crippen molar-refractivity contribution in [3.05, 3.63) is 57.8 Å². The van der Waals surface area contributed by atoms with Crippen molar-refractivity contribution in [3.63, 3.8) is 0 Å². The minimum absolute atomic E-state index is 0.0340. The van der Waals surface area contributed by atoms with E-state index >= 15 is 0 Å². The van der Waals surface area contributed by atoms with Crippen LogP contribution in [0.15, 0.2) is 42.5 Å². The third kappa shape index (κ3) is 4.83. The number of nitrogens with zero attached hydrogens (tertiary/aromatic N) is 1. The van der Waals surface area contributed by atoms with Crippen molar-refractivity contribution in [1.82, 2.24) is 5.32 Å². The monoisotopic (exact) mass is 343 g/mol. The molecular formula is C17H17N3O3S. The van der Waals surface area contributed by atoms with Gasteiger partial charge in [-0.25, -0.2) is 4.79 Å². The van der Waals surface area contributed by atoms with Crippen LogP contribution in [0.5, 0.6) is 0 Å². The molecule has 1 aromatic heterocycles. The maximum atomic E-state index is 12.2. The van der Waals surface area contributed by atoms with Crippen LogP contribution in [0.25, 0.3) is 0 Å². The lowest BCUT2D eigenvalue weighted by Gasteiger charge is -2.19. The molecule has 0 aliphatic heterocycles. The SMILES string of the molecule is CC(OC(=O)CC(NC(N)=O)c1ccccc1)c1ccc(C#N)s1. The van der Waals surface area contributed by atoms with Crippen molar-refractivity contribution in [3.8, 4) is 6.07 Å². The van der Waals surface area contributed by atoms with E-state index in [1.165, 1.54) is 11.3 Å². The summed E-state index contributed by atoms with van der Waals surface area (Å²) in [6, 6.07) is 13.3. The van der Waals surface area contributed by atoms with Crippen molar-refractivity contribution >= 4 is 23.3 Å². The molecule has 7 heteroatoms. The van der Waals surface area contributed by atoms with E-state index in [1.807, 2.05) is 24.3 Å². The number of nitrogens with two attached hydrogens (primary N) is 1. The molecule has 124 valence electrons. The van der Waals surface area contributed by atoms with Crippen LogP contribution in [0.4, 0.5) is 4.79 Å². The predicted octanol–water partition coefficient (Wildman–Crippen LogP) is 3.02. The summed E-state index contributed by atoms with van der Waals surface area (Å²) >= 11 is 1.28. The van der Waals surface area contributed by atoms with Gasteiger partial charge in [-0.1, -0.05) is 30.3 Å². The standard InChI is InChI=1S/C17H17N3O3S/c1-11(15-8-7-13(10-18)24-15)23-16(21)9-14(20-17(19)22)12-5-3-2-4-6-12/h2-8,11,14H,9H2,1H3,(H3,19,20,22). The molecule has 3 N–H and O–H groups in total. The second kappa shape index (κ2) is 8.13. The second-order valence-electron chi connectivity index (χ2n) is 5.12. The van der Waals surface area contributed by atoms with Gasteiger partial charge in [0.25, 0.3) is 0 Å². The number of primary amides is 1. The third-order valence-electron chi connectivity index (χ3n) is 3.34. The van der Waals surface area contributed by atoms with E-state index in [9.17, 15) is 9.59 Å². The predicted molar refractivity (Wildman–Crippen MR) is 90.1 cm³/mol. The first kappa shape index (κ1) is 17.5. The Morgan fingerprint density at radius 3 is 2.58 bits per heavy atom. The highest BCUT2D eigenvalue weighted by molar-refractivity contribution is 7.12. The fourth-order valence-corrected chi connectivity index (χ4v) is 3.00. The number of nitriles is 1. The molecule has 0 saturated heterocycles. The van der Waals surface area contributed by atoms with Crippen molar-refractivity contribution in [1.29, 1.82) is 5.26 Å². The summed E-state index contributed by atoms with van der Waals surface area (Å²) in [5.41, 5.74) is 5.95. The molecule has 0 aliphatic rings. The molecule has 0 aliphatic carbocycles. The number of benzene rings is 1. The summed E-state index contributed by atoms with van der Waals surface area (Å²) < 4.78 is 5.40. The Balaban J connectivity index is 2.02. The zero-order valence-corrected chi connectivity index (χ0v) is 13.9. The van der Waals surface area contributed by atoms with Gasteiger partial charge in [-0.05, 0) is 24.6 Å². The number of carbonyl (C=O) groups is 2. The van der Waals surface area contributed by atoms with Gasteiger partial charge in [-0.3, -0.25) is 4.79 Å². The van der Waals surface area contributed by atoms with Crippen molar-refractivity contribution in [2.75, 3.05) is 0 Å². The normalized spacial score (nSPS) is 12.7. The zero-order chi connectivity index (χ0) is 17.5. The average molecular weight is 343 g/mol. The van der Waals surface area contributed by atoms with E-state index in [1.54, 1.807) is 31.2 Å². The van der Waals surface area contributed by atoms with Crippen LogP contribution in [0.3, 0.4) is 0 Å². The molecule has 1 heterocycles. The van der Waals surface area contributed by atoms with E-state index in [2.05, 4.69) is 5.32 Å². The number of urea groups is 1. The molecule has 1 aromatic carbocycles. The molecule has 0 bridgehead atoms. The summed E-state index contributed by atoms with van der Waals surface area (Å²) in [5, 5.41) is 11.4. The number of nitrogens with one attached hydrogen (secondary N) is 1. The number of carbonyl (C=O) groups excluding carboxylic acids is 2. The van der Waals surface area contributed by atoms with Gasteiger partial charge >= 0.3 is 12.0 Å². The minimum atomic E-state index is -0.707. The molecule has 2 amide bonds. The fourth-order valence-electron chi connectivity index (χ4n) is 2.21. The Kier molecular flexibility index (Phi) is 5.93. The maximum absolute atomic E-state index is 12.2. The van der Waals surface area contributed by atoms with E-state index in [4.69, 9.17) is 15.7 Å². The summed E-state index contributed by atoms with van der Waals surface area (Å²) in [4.78, 5) is 24.7. The Labute approximate surface area is 143 Å². The highest BCUT2D eigenvalue weighted by Crippen LogP contribution is 2.26. The molecule has 0 fully saturated rings. The largest absolute Gasteiger partial charge is 0.457 e. The van der Waals surface area contributed by atoms with Gasteiger partial charge < -0.3 is 15.8 Å². The zero-order valence-electron chi connectivity index (χ0n) is 13.1. The number of esters is 1. The lowest BCUT2D eigenvalue weighted by atomic mass is 10.0. The Hall–Kier alpha value is -2.85. The van der Waals surface area contributed by atoms with Gasteiger partial charge in [0.15, 0.2) is 0 Å². The summed E-state index contributed by atoms with van der Waals surface area (Å²) in [6.07, 6.45) is -0.497. The highest BCUT2D eigenvalue weighted by Gasteiger charge is 2.21. The molecule has 24 heavy (non-hydrogen) atoms. The van der Waals surface area contributed by atoms with E-state index < -0.39 is 24.1 Å². The minimum Gasteiger partial charge on any atom is -0.457 e. The van der Waals surface area contributed by atoms with Crippen LogP contribution in [0.1, 0.15) is 40.8 Å². The molecule has 2 rings (SSSR count). The molecule has 0 radical (unpaired) electrons. The van der Waals surface area contributed by atoms with Crippen LogP contribution in [-0.2, 0) is 9.53 Å². The van der Waals surface area contributed by atoms with Gasteiger partial charge in [0, 0.05) is 4.88 Å².